The molecule has 2 amide bonds. The number of fused-ring (bicyclic) bond motifs is 4. The summed E-state index contributed by atoms with van der Waals surface area (Å²) in [5, 5.41) is 10.7. The van der Waals surface area contributed by atoms with E-state index in [1.807, 2.05) is 0 Å². The number of aromatic nitrogens is 2. The van der Waals surface area contributed by atoms with Crippen LogP contribution in [0.15, 0.2) is 53.6 Å². The average Bonchev–Trinajstić information content (AvgIpc) is 2.85. The van der Waals surface area contributed by atoms with Gasteiger partial charge in [-0.1, -0.05) is 24.0 Å². The summed E-state index contributed by atoms with van der Waals surface area (Å²) in [5.41, 5.74) is 0.648. The van der Waals surface area contributed by atoms with Crippen molar-refractivity contribution in [2.75, 3.05) is 35.6 Å². The molecule has 10 nitrogen and oxygen atoms in total. The summed E-state index contributed by atoms with van der Waals surface area (Å²) in [7, 11) is -3.65. The number of halogens is 2. The lowest BCUT2D eigenvalue weighted by atomic mass is 10.3. The van der Waals surface area contributed by atoms with Gasteiger partial charge in [0.15, 0.2) is 11.6 Å². The highest BCUT2D eigenvalue weighted by molar-refractivity contribution is 7.89. The Morgan fingerprint density at radius 2 is 1.97 bits per heavy atom. The molecule has 1 aromatic heterocycles. The van der Waals surface area contributed by atoms with E-state index in [2.05, 4.69) is 47.8 Å². The Kier molecular flexibility index (Phi) is 7.57. The normalized spacial score (nSPS) is 14.3. The molecule has 5 N–H and O–H groups in total. The van der Waals surface area contributed by atoms with Crippen LogP contribution in [-0.2, 0) is 10.0 Å². The lowest BCUT2D eigenvalue weighted by Gasteiger charge is -2.10. The van der Waals surface area contributed by atoms with Gasteiger partial charge in [0.05, 0.1) is 28.9 Å². The molecular weight excluding hydrogens is 492 g/mol. The van der Waals surface area contributed by atoms with E-state index in [4.69, 9.17) is 0 Å². The maximum absolute atomic E-state index is 13.7. The van der Waals surface area contributed by atoms with Gasteiger partial charge in [0.2, 0.25) is 16.0 Å². The number of sulfonamides is 1. The zero-order chi connectivity index (χ0) is 25.5. The molecule has 4 bridgehead atoms. The molecule has 36 heavy (non-hydrogen) atoms. The predicted molar refractivity (Wildman–Crippen MR) is 130 cm³/mol. The van der Waals surface area contributed by atoms with E-state index in [1.165, 1.54) is 30.5 Å². The molecule has 0 spiro atoms. The van der Waals surface area contributed by atoms with E-state index < -0.39 is 27.7 Å². The van der Waals surface area contributed by atoms with E-state index in [0.29, 0.717) is 30.0 Å². The predicted octanol–water partition coefficient (Wildman–Crippen LogP) is 2.77. The topological polar surface area (TPSA) is 137 Å². The molecule has 186 valence electrons. The molecule has 1 aliphatic heterocycles. The van der Waals surface area contributed by atoms with Crippen molar-refractivity contribution in [3.05, 3.63) is 65.9 Å². The summed E-state index contributed by atoms with van der Waals surface area (Å²) in [6.45, 7) is 0.540. The van der Waals surface area contributed by atoms with Crippen LogP contribution >= 0.6 is 0 Å². The van der Waals surface area contributed by atoms with Crippen LogP contribution in [0.5, 0.6) is 0 Å². The largest absolute Gasteiger partial charge is 0.369 e. The maximum atomic E-state index is 13.7. The van der Waals surface area contributed by atoms with Crippen molar-refractivity contribution >= 4 is 39.2 Å². The fraction of sp³-hybridized carbons (Fsp3) is 0.174. The van der Waals surface area contributed by atoms with Crippen molar-refractivity contribution in [2.24, 2.45) is 0 Å². The lowest BCUT2D eigenvalue weighted by molar-refractivity contribution is 0.253. The Morgan fingerprint density at radius 1 is 1.14 bits per heavy atom. The molecule has 0 saturated carbocycles. The minimum atomic E-state index is -3.65. The third-order valence-corrected chi connectivity index (χ3v) is 6.35. The van der Waals surface area contributed by atoms with Crippen LogP contribution in [-0.4, -0.2) is 44.1 Å². The molecule has 2 heterocycles. The van der Waals surface area contributed by atoms with Gasteiger partial charge in [-0.2, -0.15) is 4.98 Å². The van der Waals surface area contributed by atoms with Crippen LogP contribution in [0, 0.1) is 23.5 Å². The first kappa shape index (κ1) is 24.8. The number of hydrogen-bond donors (Lipinski definition) is 5. The van der Waals surface area contributed by atoms with Gasteiger partial charge in [-0.3, -0.25) is 0 Å². The number of rotatable bonds is 2. The smallest absolute Gasteiger partial charge is 0.320 e. The van der Waals surface area contributed by atoms with E-state index in [9.17, 15) is 22.0 Å². The van der Waals surface area contributed by atoms with Crippen molar-refractivity contribution in [1.82, 2.24) is 20.0 Å². The van der Waals surface area contributed by atoms with Gasteiger partial charge in [0.25, 0.3) is 0 Å². The summed E-state index contributed by atoms with van der Waals surface area (Å²) in [6, 6.07) is 8.99. The van der Waals surface area contributed by atoms with Crippen LogP contribution in [0.25, 0.3) is 0 Å². The van der Waals surface area contributed by atoms with E-state index in [-0.39, 0.29) is 29.6 Å². The highest BCUT2D eigenvalue weighted by Gasteiger charge is 2.15. The van der Waals surface area contributed by atoms with Gasteiger partial charge in [0.1, 0.15) is 5.82 Å². The number of nitrogens with one attached hydrogen (secondary N) is 5. The Labute approximate surface area is 206 Å². The third kappa shape index (κ3) is 6.23. The number of urea groups is 1. The Bertz CT molecular complexity index is 1460. The third-order valence-electron chi connectivity index (χ3n) is 4.89. The number of benzene rings is 2. The zero-order valence-corrected chi connectivity index (χ0v) is 19.5. The molecule has 0 fully saturated rings. The summed E-state index contributed by atoms with van der Waals surface area (Å²) >= 11 is 0. The molecule has 0 aliphatic carbocycles. The molecule has 3 aromatic rings. The number of carbonyl (C=O) groups excluding carboxylic acids is 1. The Morgan fingerprint density at radius 3 is 2.83 bits per heavy atom. The number of carbonyl (C=O) groups is 1. The minimum Gasteiger partial charge on any atom is -0.369 e. The van der Waals surface area contributed by atoms with E-state index >= 15 is 0 Å². The van der Waals surface area contributed by atoms with Crippen molar-refractivity contribution in [3.63, 3.8) is 0 Å². The second kappa shape index (κ2) is 11.0. The lowest BCUT2D eigenvalue weighted by Crippen LogP contribution is -2.29. The van der Waals surface area contributed by atoms with Crippen molar-refractivity contribution in [2.45, 2.75) is 11.3 Å². The standard InChI is InChI=1S/C23H21F2N7O3S/c24-18-8-2-9-19(20(18)25)31-23(33)27-10-3-5-15-14-28-22-30-16-6-1-7-17(13-16)36(34,35)29-12-4-11-26-21(15)32-22/h1-2,6-9,13-14,29H,4,10-12H2,(H2,27,31,33)(H2,26,28,30,32). The molecule has 4 rings (SSSR count). The van der Waals surface area contributed by atoms with Crippen LogP contribution in [0.1, 0.15) is 12.0 Å². The molecule has 2 aromatic carbocycles. The molecule has 13 heteroatoms. The molecular formula is C23H21F2N7O3S. The van der Waals surface area contributed by atoms with E-state index in [1.54, 1.807) is 12.1 Å². The molecule has 0 radical (unpaired) electrons. The molecule has 0 saturated heterocycles. The summed E-state index contributed by atoms with van der Waals surface area (Å²) in [5.74, 6) is 4.04. The molecule has 1 aliphatic rings. The highest BCUT2D eigenvalue weighted by Crippen LogP contribution is 2.21. The van der Waals surface area contributed by atoms with Crippen molar-refractivity contribution in [3.8, 4) is 11.8 Å². The second-order valence-electron chi connectivity index (χ2n) is 7.50. The first-order valence-corrected chi connectivity index (χ1v) is 12.3. The first-order chi connectivity index (χ1) is 17.3. The number of nitrogens with zero attached hydrogens (tertiary/aromatic N) is 2. The van der Waals surface area contributed by atoms with Crippen LogP contribution in [0.4, 0.5) is 36.7 Å². The van der Waals surface area contributed by atoms with Gasteiger partial charge < -0.3 is 21.3 Å². The van der Waals surface area contributed by atoms with Gasteiger partial charge >= 0.3 is 6.03 Å². The van der Waals surface area contributed by atoms with Crippen LogP contribution in [0.2, 0.25) is 0 Å². The van der Waals surface area contributed by atoms with Gasteiger partial charge in [-0.15, -0.1) is 0 Å². The number of amides is 2. The zero-order valence-electron chi connectivity index (χ0n) is 18.7. The fourth-order valence-corrected chi connectivity index (χ4v) is 4.27. The Balaban J connectivity index is 1.46. The summed E-state index contributed by atoms with van der Waals surface area (Å²) in [4.78, 5) is 20.7. The second-order valence-corrected chi connectivity index (χ2v) is 9.26. The number of anilines is 4. The van der Waals surface area contributed by atoms with Gasteiger partial charge in [-0.05, 0) is 36.8 Å². The average molecular weight is 514 g/mol. The summed E-state index contributed by atoms with van der Waals surface area (Å²) < 4.78 is 54.4. The van der Waals surface area contributed by atoms with Gasteiger partial charge in [-0.25, -0.2) is 31.7 Å². The van der Waals surface area contributed by atoms with Crippen LogP contribution in [0.3, 0.4) is 0 Å². The number of hydrogen-bond acceptors (Lipinski definition) is 7. The van der Waals surface area contributed by atoms with E-state index in [0.717, 1.165) is 6.07 Å². The van der Waals surface area contributed by atoms with Crippen molar-refractivity contribution < 1.29 is 22.0 Å². The SMILES string of the molecule is O=C(NCC#Cc1cnc2nc1NCCCNS(=O)(=O)c1cccc(c1)N2)Nc1cccc(F)c1F. The first-order valence-electron chi connectivity index (χ1n) is 10.8. The fourth-order valence-electron chi connectivity index (χ4n) is 3.15. The summed E-state index contributed by atoms with van der Waals surface area (Å²) in [6.07, 6.45) is 1.97. The van der Waals surface area contributed by atoms with Crippen LogP contribution < -0.4 is 26.0 Å². The highest BCUT2D eigenvalue weighted by atomic mass is 32.2. The maximum Gasteiger partial charge on any atom is 0.320 e. The van der Waals surface area contributed by atoms with Gasteiger partial charge in [0, 0.05) is 18.8 Å². The quantitative estimate of drug-likeness (QED) is 0.332. The Hall–Kier alpha value is -4.28. The van der Waals surface area contributed by atoms with Crippen molar-refractivity contribution in [1.29, 1.82) is 0 Å². The monoisotopic (exact) mass is 513 g/mol. The molecule has 0 atom stereocenters. The molecule has 0 unspecified atom stereocenters. The minimum absolute atomic E-state index is 0.0865.